The molecule has 1 aromatic heterocycles. The molecule has 1 N–H and O–H groups in total. The Balaban J connectivity index is 1.62. The number of alkyl halides is 3. The van der Waals surface area contributed by atoms with E-state index in [1.54, 1.807) is 6.07 Å². The van der Waals surface area contributed by atoms with E-state index >= 15 is 0 Å². The third-order valence-corrected chi connectivity index (χ3v) is 5.31. The molecular weight excluding hydrogens is 423 g/mol. The third-order valence-electron chi connectivity index (χ3n) is 4.55. The molecule has 11 heteroatoms. The van der Waals surface area contributed by atoms with Crippen molar-refractivity contribution in [2.45, 2.75) is 25.4 Å². The van der Waals surface area contributed by atoms with Crippen molar-refractivity contribution in [2.75, 3.05) is 32.1 Å². The first-order valence-corrected chi connectivity index (χ1v) is 10.00. The van der Waals surface area contributed by atoms with Crippen LogP contribution in [0.3, 0.4) is 0 Å². The maximum absolute atomic E-state index is 12.6. The summed E-state index contributed by atoms with van der Waals surface area (Å²) in [5.41, 5.74) is -0.185. The van der Waals surface area contributed by atoms with Crippen LogP contribution >= 0.6 is 11.3 Å². The van der Waals surface area contributed by atoms with Crippen LogP contribution < -0.4 is 14.8 Å². The molecule has 30 heavy (non-hydrogen) atoms. The van der Waals surface area contributed by atoms with E-state index in [-0.39, 0.29) is 29.9 Å². The van der Waals surface area contributed by atoms with E-state index < -0.39 is 17.8 Å². The second-order valence-corrected chi connectivity index (χ2v) is 7.46. The van der Waals surface area contributed by atoms with Gasteiger partial charge in [-0.05, 0) is 24.6 Å². The molecule has 7 nitrogen and oxygen atoms in total. The van der Waals surface area contributed by atoms with Gasteiger partial charge in [-0.1, -0.05) is 6.07 Å². The molecule has 1 fully saturated rings. The number of anilines is 1. The fourth-order valence-electron chi connectivity index (χ4n) is 3.16. The zero-order valence-electron chi connectivity index (χ0n) is 16.3. The summed E-state index contributed by atoms with van der Waals surface area (Å²) >= 11 is 0.678. The first-order chi connectivity index (χ1) is 14.2. The van der Waals surface area contributed by atoms with Gasteiger partial charge in [0.15, 0.2) is 22.3 Å². The van der Waals surface area contributed by atoms with E-state index in [0.717, 1.165) is 10.9 Å². The molecule has 1 atom stereocenters. The molecule has 3 rings (SSSR count). The van der Waals surface area contributed by atoms with Gasteiger partial charge >= 0.3 is 6.18 Å². The molecule has 2 amide bonds. The highest BCUT2D eigenvalue weighted by Gasteiger charge is 2.35. The van der Waals surface area contributed by atoms with Gasteiger partial charge in [0.05, 0.1) is 20.3 Å². The van der Waals surface area contributed by atoms with Crippen LogP contribution in [0.5, 0.6) is 11.5 Å². The van der Waals surface area contributed by atoms with E-state index in [4.69, 9.17) is 9.47 Å². The smallest absolute Gasteiger partial charge is 0.434 e. The highest BCUT2D eigenvalue weighted by atomic mass is 32.1. The molecule has 1 aliphatic heterocycles. The number of ether oxygens (including phenoxy) is 2. The van der Waals surface area contributed by atoms with Gasteiger partial charge in [-0.2, -0.15) is 13.2 Å². The largest absolute Gasteiger partial charge is 0.493 e. The average molecular weight is 443 g/mol. The van der Waals surface area contributed by atoms with Crippen molar-refractivity contribution in [2.24, 2.45) is 0 Å². The maximum atomic E-state index is 12.6. The number of hydrogen-bond donors (Lipinski definition) is 1. The summed E-state index contributed by atoms with van der Waals surface area (Å²) in [7, 11) is 1.54. The number of benzene rings is 1. The molecule has 2 aromatic rings. The zero-order valence-corrected chi connectivity index (χ0v) is 17.1. The first-order valence-electron chi connectivity index (χ1n) is 9.12. The predicted molar refractivity (Wildman–Crippen MR) is 104 cm³/mol. The van der Waals surface area contributed by atoms with Crippen LogP contribution in [0.4, 0.5) is 18.3 Å². The Labute approximate surface area is 174 Å². The fourth-order valence-corrected chi connectivity index (χ4v) is 3.89. The first kappa shape index (κ1) is 21.9. The number of carbonyl (C=O) groups is 2. The van der Waals surface area contributed by atoms with Crippen LogP contribution in [0.2, 0.25) is 0 Å². The molecule has 0 bridgehead atoms. The fraction of sp³-hybridized carbons (Fsp3) is 0.421. The van der Waals surface area contributed by atoms with Crippen molar-refractivity contribution < 1.29 is 32.2 Å². The van der Waals surface area contributed by atoms with Gasteiger partial charge in [-0.3, -0.25) is 9.59 Å². The third kappa shape index (κ3) is 5.02. The molecule has 0 aliphatic carbocycles. The van der Waals surface area contributed by atoms with Crippen LogP contribution in [-0.2, 0) is 15.8 Å². The lowest BCUT2D eigenvalue weighted by Crippen LogP contribution is -2.34. The summed E-state index contributed by atoms with van der Waals surface area (Å²) in [6, 6.07) is 5.43. The molecule has 162 valence electrons. The average Bonchev–Trinajstić information content (AvgIpc) is 3.29. The lowest BCUT2D eigenvalue weighted by Gasteiger charge is -2.17. The van der Waals surface area contributed by atoms with E-state index in [1.165, 1.54) is 12.0 Å². The normalized spacial score (nSPS) is 16.6. The van der Waals surface area contributed by atoms with Crippen molar-refractivity contribution in [3.05, 3.63) is 34.8 Å². The number of aromatic nitrogens is 1. The van der Waals surface area contributed by atoms with Gasteiger partial charge in [-0.15, -0.1) is 11.3 Å². The Morgan fingerprint density at radius 1 is 1.37 bits per heavy atom. The van der Waals surface area contributed by atoms with Crippen LogP contribution in [-0.4, -0.2) is 48.5 Å². The summed E-state index contributed by atoms with van der Waals surface area (Å²) in [5, 5.41) is 2.98. The second-order valence-electron chi connectivity index (χ2n) is 6.60. The molecular formula is C19H20F3N3O4S. The summed E-state index contributed by atoms with van der Waals surface area (Å²) in [4.78, 5) is 29.3. The summed E-state index contributed by atoms with van der Waals surface area (Å²) < 4.78 is 48.6. The van der Waals surface area contributed by atoms with Crippen molar-refractivity contribution in [1.82, 2.24) is 9.88 Å². The number of methoxy groups -OCH3 is 1. The van der Waals surface area contributed by atoms with Gasteiger partial charge < -0.3 is 19.7 Å². The predicted octanol–water partition coefficient (Wildman–Crippen LogP) is 3.52. The maximum Gasteiger partial charge on any atom is 0.434 e. The van der Waals surface area contributed by atoms with Crippen LogP contribution in [0.1, 0.15) is 30.5 Å². The number of halogens is 3. The van der Waals surface area contributed by atoms with Crippen LogP contribution in [0.15, 0.2) is 23.6 Å². The van der Waals surface area contributed by atoms with Gasteiger partial charge in [0.2, 0.25) is 11.8 Å². The van der Waals surface area contributed by atoms with Gasteiger partial charge in [0, 0.05) is 24.3 Å². The van der Waals surface area contributed by atoms with Gasteiger partial charge in [0.1, 0.15) is 0 Å². The van der Waals surface area contributed by atoms with Crippen LogP contribution in [0.25, 0.3) is 0 Å². The molecule has 0 saturated carbocycles. The number of hydrogen-bond acceptors (Lipinski definition) is 6. The molecule has 1 aromatic carbocycles. The summed E-state index contributed by atoms with van der Waals surface area (Å²) in [6.45, 7) is 2.37. The minimum Gasteiger partial charge on any atom is -0.493 e. The number of carbonyl (C=O) groups excluding carboxylic acids is 2. The number of amides is 2. The Bertz CT molecular complexity index is 932. The highest BCUT2D eigenvalue weighted by molar-refractivity contribution is 7.13. The van der Waals surface area contributed by atoms with Gasteiger partial charge in [0.25, 0.3) is 0 Å². The molecule has 1 saturated heterocycles. The number of nitrogens with one attached hydrogen (secondary N) is 1. The lowest BCUT2D eigenvalue weighted by atomic mass is 9.98. The van der Waals surface area contributed by atoms with Crippen LogP contribution in [0, 0.1) is 0 Å². The topological polar surface area (TPSA) is 80.8 Å². The van der Waals surface area contributed by atoms with E-state index in [0.29, 0.717) is 36.0 Å². The van der Waals surface area contributed by atoms with E-state index in [2.05, 4.69) is 10.3 Å². The number of nitrogens with zero attached hydrogens (tertiary/aromatic N) is 2. The quantitative estimate of drug-likeness (QED) is 0.708. The van der Waals surface area contributed by atoms with Crippen molar-refractivity contribution in [1.29, 1.82) is 0 Å². The zero-order chi connectivity index (χ0) is 21.9. The molecule has 1 unspecified atom stereocenters. The Kier molecular flexibility index (Phi) is 6.49. The SMILES string of the molecule is CCOc1cc(C2CC(=O)N(CC(=O)Nc3nc(C(F)(F)F)cs3)C2)ccc1OC. The summed E-state index contributed by atoms with van der Waals surface area (Å²) in [6.07, 6.45) is -4.35. The number of rotatable bonds is 7. The Morgan fingerprint density at radius 3 is 2.77 bits per heavy atom. The molecule has 0 spiro atoms. The van der Waals surface area contributed by atoms with Crippen molar-refractivity contribution >= 4 is 28.3 Å². The van der Waals surface area contributed by atoms with E-state index in [1.807, 2.05) is 19.1 Å². The number of thiazole rings is 1. The Morgan fingerprint density at radius 2 is 2.13 bits per heavy atom. The number of likely N-dealkylation sites (tertiary alicyclic amines) is 1. The highest BCUT2D eigenvalue weighted by Crippen LogP contribution is 2.35. The summed E-state index contributed by atoms with van der Waals surface area (Å²) in [5.74, 6) is 0.219. The minimum atomic E-state index is -4.57. The Hall–Kier alpha value is -2.82. The standard InChI is InChI=1S/C19H20F3N3O4S/c1-3-29-14-6-11(4-5-13(14)28-2)12-7-17(27)25(8-12)9-16(26)24-18-23-15(10-30-18)19(20,21)22/h4-6,10,12H,3,7-9H2,1-2H3,(H,23,24,26). The van der Waals surface area contributed by atoms with Crippen molar-refractivity contribution in [3.63, 3.8) is 0 Å². The molecule has 0 radical (unpaired) electrons. The van der Waals surface area contributed by atoms with Gasteiger partial charge in [-0.25, -0.2) is 4.98 Å². The molecule has 2 heterocycles. The second kappa shape index (κ2) is 8.90. The van der Waals surface area contributed by atoms with Crippen molar-refractivity contribution in [3.8, 4) is 11.5 Å². The lowest BCUT2D eigenvalue weighted by molar-refractivity contribution is -0.140. The minimum absolute atomic E-state index is 0.132. The van der Waals surface area contributed by atoms with E-state index in [9.17, 15) is 22.8 Å². The molecule has 1 aliphatic rings. The monoisotopic (exact) mass is 443 g/mol.